The Hall–Kier alpha value is -3.00. The van der Waals surface area contributed by atoms with Crippen LogP contribution in [0.5, 0.6) is 11.5 Å². The fourth-order valence-electron chi connectivity index (χ4n) is 3.71. The SMILES string of the molecule is O=C(CSc1nncn1-c1ccccc1)Nc1ccc2c(c1)OC1(CCCC1)O2. The Morgan fingerprint density at radius 1 is 1.10 bits per heavy atom. The van der Waals surface area contributed by atoms with Crippen LogP contribution in [0, 0.1) is 0 Å². The van der Waals surface area contributed by atoms with Crippen LogP contribution in [0.15, 0.2) is 60.0 Å². The molecule has 1 fully saturated rings. The van der Waals surface area contributed by atoms with Crippen molar-refractivity contribution < 1.29 is 14.3 Å². The Morgan fingerprint density at radius 3 is 2.72 bits per heavy atom. The van der Waals surface area contributed by atoms with Crippen molar-refractivity contribution in [1.29, 1.82) is 0 Å². The fraction of sp³-hybridized carbons (Fsp3) is 0.286. The van der Waals surface area contributed by atoms with E-state index in [0.717, 1.165) is 37.1 Å². The predicted octanol–water partition coefficient (Wildman–Crippen LogP) is 4.04. The van der Waals surface area contributed by atoms with Crippen molar-refractivity contribution in [2.24, 2.45) is 0 Å². The number of nitrogens with zero attached hydrogens (tertiary/aromatic N) is 3. The fourth-order valence-corrected chi connectivity index (χ4v) is 4.43. The Kier molecular flexibility index (Phi) is 4.63. The van der Waals surface area contributed by atoms with Gasteiger partial charge in [-0.25, -0.2) is 0 Å². The number of aromatic nitrogens is 3. The van der Waals surface area contributed by atoms with Crippen LogP contribution in [0.4, 0.5) is 5.69 Å². The summed E-state index contributed by atoms with van der Waals surface area (Å²) < 4.78 is 13.9. The number of para-hydroxylation sites is 1. The molecular weight excluding hydrogens is 388 g/mol. The van der Waals surface area contributed by atoms with Gasteiger partial charge in [0.05, 0.1) is 5.75 Å². The van der Waals surface area contributed by atoms with Crippen LogP contribution in [0.25, 0.3) is 5.69 Å². The molecule has 29 heavy (non-hydrogen) atoms. The number of nitrogens with one attached hydrogen (secondary N) is 1. The van der Waals surface area contributed by atoms with Crippen molar-refractivity contribution >= 4 is 23.4 Å². The summed E-state index contributed by atoms with van der Waals surface area (Å²) in [5.74, 6) is 1.05. The van der Waals surface area contributed by atoms with Crippen LogP contribution in [0.2, 0.25) is 0 Å². The molecule has 148 valence electrons. The van der Waals surface area contributed by atoms with Crippen LogP contribution >= 0.6 is 11.8 Å². The highest BCUT2D eigenvalue weighted by atomic mass is 32.2. The summed E-state index contributed by atoms with van der Waals surface area (Å²) in [6, 6.07) is 15.3. The van der Waals surface area contributed by atoms with E-state index in [1.54, 1.807) is 6.33 Å². The van der Waals surface area contributed by atoms with E-state index in [-0.39, 0.29) is 11.7 Å². The molecule has 0 saturated heterocycles. The van der Waals surface area contributed by atoms with Crippen LogP contribution in [0.3, 0.4) is 0 Å². The van der Waals surface area contributed by atoms with Gasteiger partial charge in [0, 0.05) is 30.3 Å². The van der Waals surface area contributed by atoms with Crippen LogP contribution in [-0.4, -0.2) is 32.2 Å². The van der Waals surface area contributed by atoms with Gasteiger partial charge >= 0.3 is 0 Å². The minimum absolute atomic E-state index is 0.118. The number of ether oxygens (including phenoxy) is 2. The van der Waals surface area contributed by atoms with Crippen LogP contribution in [0.1, 0.15) is 25.7 Å². The lowest BCUT2D eigenvalue weighted by Gasteiger charge is -2.21. The maximum Gasteiger partial charge on any atom is 0.251 e. The lowest BCUT2D eigenvalue weighted by molar-refractivity contribution is -0.113. The van der Waals surface area contributed by atoms with Crippen LogP contribution < -0.4 is 14.8 Å². The second-order valence-electron chi connectivity index (χ2n) is 7.14. The average molecular weight is 408 g/mol. The number of benzene rings is 2. The minimum Gasteiger partial charge on any atom is -0.448 e. The van der Waals surface area contributed by atoms with E-state index in [4.69, 9.17) is 9.47 Å². The van der Waals surface area contributed by atoms with E-state index in [1.165, 1.54) is 11.8 Å². The minimum atomic E-state index is -0.498. The zero-order chi connectivity index (χ0) is 19.7. The van der Waals surface area contributed by atoms with Crippen molar-refractivity contribution in [2.75, 3.05) is 11.1 Å². The normalized spacial score (nSPS) is 16.3. The number of rotatable bonds is 5. The predicted molar refractivity (Wildman–Crippen MR) is 110 cm³/mol. The van der Waals surface area contributed by atoms with Crippen LogP contribution in [-0.2, 0) is 4.79 Å². The van der Waals surface area contributed by atoms with Crippen molar-refractivity contribution in [3.05, 3.63) is 54.9 Å². The summed E-state index contributed by atoms with van der Waals surface area (Å²) in [4.78, 5) is 12.4. The van der Waals surface area contributed by atoms with Gasteiger partial charge in [-0.15, -0.1) is 10.2 Å². The molecule has 0 radical (unpaired) electrons. The zero-order valence-corrected chi connectivity index (χ0v) is 16.5. The number of fused-ring (bicyclic) bond motifs is 1. The molecule has 2 heterocycles. The van der Waals surface area contributed by atoms with Gasteiger partial charge < -0.3 is 14.8 Å². The third kappa shape index (κ3) is 3.67. The molecule has 1 amide bonds. The van der Waals surface area contributed by atoms with Crippen molar-refractivity contribution in [2.45, 2.75) is 36.6 Å². The van der Waals surface area contributed by atoms with Gasteiger partial charge in [-0.3, -0.25) is 9.36 Å². The number of hydrogen-bond donors (Lipinski definition) is 1. The molecule has 7 nitrogen and oxygen atoms in total. The van der Waals surface area contributed by atoms with Gasteiger partial charge in [-0.1, -0.05) is 30.0 Å². The van der Waals surface area contributed by atoms with E-state index in [1.807, 2.05) is 53.1 Å². The second kappa shape index (κ2) is 7.44. The highest BCUT2D eigenvalue weighted by Gasteiger charge is 2.44. The van der Waals surface area contributed by atoms with E-state index >= 15 is 0 Å². The molecule has 2 aliphatic rings. The summed E-state index contributed by atoms with van der Waals surface area (Å²) in [7, 11) is 0. The van der Waals surface area contributed by atoms with Gasteiger partial charge in [0.15, 0.2) is 16.7 Å². The molecule has 0 unspecified atom stereocenters. The average Bonchev–Trinajstić information content (AvgIpc) is 3.46. The zero-order valence-electron chi connectivity index (χ0n) is 15.7. The number of anilines is 1. The van der Waals surface area contributed by atoms with Gasteiger partial charge in [0.2, 0.25) is 5.91 Å². The van der Waals surface area contributed by atoms with E-state index in [2.05, 4.69) is 15.5 Å². The number of hydrogen-bond acceptors (Lipinski definition) is 6. The maximum absolute atomic E-state index is 12.4. The Bertz CT molecular complexity index is 1030. The Balaban J connectivity index is 1.21. The molecule has 0 bridgehead atoms. The molecular formula is C21H20N4O3S. The van der Waals surface area contributed by atoms with E-state index in [9.17, 15) is 4.79 Å². The lowest BCUT2D eigenvalue weighted by atomic mass is 10.2. The number of amides is 1. The van der Waals surface area contributed by atoms with Crippen molar-refractivity contribution in [3.63, 3.8) is 0 Å². The van der Waals surface area contributed by atoms with Crippen molar-refractivity contribution in [1.82, 2.24) is 14.8 Å². The molecule has 1 spiro atoms. The summed E-state index contributed by atoms with van der Waals surface area (Å²) in [6.45, 7) is 0. The van der Waals surface area contributed by atoms with Crippen molar-refractivity contribution in [3.8, 4) is 17.2 Å². The molecule has 1 aliphatic heterocycles. The third-order valence-electron chi connectivity index (χ3n) is 5.07. The molecule has 1 aliphatic carbocycles. The first-order chi connectivity index (χ1) is 14.2. The Morgan fingerprint density at radius 2 is 1.90 bits per heavy atom. The molecule has 8 heteroatoms. The van der Waals surface area contributed by atoms with E-state index in [0.29, 0.717) is 16.6 Å². The summed E-state index contributed by atoms with van der Waals surface area (Å²) in [5.41, 5.74) is 1.65. The van der Waals surface area contributed by atoms with E-state index < -0.39 is 5.79 Å². The van der Waals surface area contributed by atoms with Gasteiger partial charge in [-0.2, -0.15) is 0 Å². The largest absolute Gasteiger partial charge is 0.448 e. The molecule has 1 N–H and O–H groups in total. The molecule has 0 atom stereocenters. The number of thioether (sulfide) groups is 1. The molecule has 5 rings (SSSR count). The number of carbonyl (C=O) groups is 1. The molecule has 1 saturated carbocycles. The molecule has 2 aromatic carbocycles. The summed E-state index contributed by atoms with van der Waals surface area (Å²) in [5, 5.41) is 11.7. The standard InChI is InChI=1S/C21H20N4O3S/c26-19(13-29-20-24-22-14-25(20)16-6-2-1-3-7-16)23-15-8-9-17-18(12-15)28-21(27-17)10-4-5-11-21/h1-3,6-9,12,14H,4-5,10-11,13H2,(H,23,26). The quantitative estimate of drug-likeness (QED) is 0.642. The third-order valence-corrected chi connectivity index (χ3v) is 6.01. The monoisotopic (exact) mass is 408 g/mol. The first kappa shape index (κ1) is 18.1. The first-order valence-corrected chi connectivity index (χ1v) is 10.6. The molecule has 3 aromatic rings. The summed E-state index contributed by atoms with van der Waals surface area (Å²) in [6.07, 6.45) is 5.68. The lowest BCUT2D eigenvalue weighted by Crippen LogP contribution is -2.34. The highest BCUT2D eigenvalue weighted by Crippen LogP contribution is 2.47. The van der Waals surface area contributed by atoms with Gasteiger partial charge in [-0.05, 0) is 37.1 Å². The highest BCUT2D eigenvalue weighted by molar-refractivity contribution is 7.99. The smallest absolute Gasteiger partial charge is 0.251 e. The topological polar surface area (TPSA) is 78.3 Å². The Labute approximate surface area is 172 Å². The summed E-state index contributed by atoms with van der Waals surface area (Å²) >= 11 is 1.34. The first-order valence-electron chi connectivity index (χ1n) is 9.61. The number of carbonyl (C=O) groups excluding carboxylic acids is 1. The van der Waals surface area contributed by atoms with Gasteiger partial charge in [0.1, 0.15) is 6.33 Å². The second-order valence-corrected chi connectivity index (χ2v) is 8.08. The maximum atomic E-state index is 12.4. The van der Waals surface area contributed by atoms with Gasteiger partial charge in [0.25, 0.3) is 5.79 Å². The molecule has 1 aromatic heterocycles.